The third-order valence-corrected chi connectivity index (χ3v) is 2.91. The van der Waals surface area contributed by atoms with E-state index in [0.717, 1.165) is 11.0 Å². The van der Waals surface area contributed by atoms with Crippen molar-refractivity contribution in [2.24, 2.45) is 7.05 Å². The second-order valence-corrected chi connectivity index (χ2v) is 3.96. The molecule has 1 N–H and O–H groups in total. The van der Waals surface area contributed by atoms with Gasteiger partial charge >= 0.3 is 5.97 Å². The van der Waals surface area contributed by atoms with Crippen LogP contribution in [0.1, 0.15) is 6.92 Å². The van der Waals surface area contributed by atoms with Gasteiger partial charge < -0.3 is 14.6 Å². The lowest BCUT2D eigenvalue weighted by atomic mass is 10.3. The fraction of sp³-hybridized carbons (Fsp3) is 0.364. The highest BCUT2D eigenvalue weighted by molar-refractivity contribution is 5.80. The highest BCUT2D eigenvalue weighted by Gasteiger charge is 2.21. The summed E-state index contributed by atoms with van der Waals surface area (Å²) in [5, 5.41) is 8.99. The molecule has 2 heterocycles. The Balaban J connectivity index is 2.49. The van der Waals surface area contributed by atoms with Crippen molar-refractivity contribution < 1.29 is 9.90 Å². The van der Waals surface area contributed by atoms with Crippen LogP contribution in [0.3, 0.4) is 0 Å². The van der Waals surface area contributed by atoms with Crippen molar-refractivity contribution in [3.63, 3.8) is 0 Å². The van der Waals surface area contributed by atoms with Crippen LogP contribution in [0.4, 0.5) is 5.95 Å². The molecule has 0 radical (unpaired) electrons. The number of carboxylic acid groups (broad SMARTS) is 1. The number of pyridine rings is 1. The molecule has 0 saturated carbocycles. The zero-order valence-corrected chi connectivity index (χ0v) is 9.95. The van der Waals surface area contributed by atoms with Gasteiger partial charge in [-0.2, -0.15) is 0 Å². The molecule has 0 spiro atoms. The van der Waals surface area contributed by atoms with E-state index in [0.29, 0.717) is 5.95 Å². The van der Waals surface area contributed by atoms with Crippen molar-refractivity contribution in [2.45, 2.75) is 13.0 Å². The van der Waals surface area contributed by atoms with Crippen LogP contribution in [0.15, 0.2) is 18.5 Å². The zero-order valence-electron chi connectivity index (χ0n) is 9.95. The number of rotatable bonds is 3. The Morgan fingerprint density at radius 2 is 2.29 bits per heavy atom. The Bertz CT molecular complexity index is 564. The van der Waals surface area contributed by atoms with Gasteiger partial charge in [0.05, 0.1) is 11.7 Å². The van der Waals surface area contributed by atoms with Gasteiger partial charge in [0, 0.05) is 20.3 Å². The van der Waals surface area contributed by atoms with Gasteiger partial charge in [-0.1, -0.05) is 0 Å². The van der Waals surface area contributed by atoms with Crippen LogP contribution in [0.5, 0.6) is 0 Å². The number of carbonyl (C=O) groups is 1. The largest absolute Gasteiger partial charge is 0.480 e. The van der Waals surface area contributed by atoms with Gasteiger partial charge in [0.2, 0.25) is 5.95 Å². The Morgan fingerprint density at radius 3 is 2.88 bits per heavy atom. The molecular formula is C11H14N4O2. The van der Waals surface area contributed by atoms with Gasteiger partial charge in [0.1, 0.15) is 11.6 Å². The van der Waals surface area contributed by atoms with E-state index in [1.165, 1.54) is 0 Å². The summed E-state index contributed by atoms with van der Waals surface area (Å²) in [5.41, 5.74) is 1.69. The van der Waals surface area contributed by atoms with Gasteiger partial charge in [0.15, 0.2) is 0 Å². The lowest BCUT2D eigenvalue weighted by Gasteiger charge is -2.22. The first-order valence-electron chi connectivity index (χ1n) is 5.24. The number of likely N-dealkylation sites (N-methyl/N-ethyl adjacent to an activating group) is 1. The summed E-state index contributed by atoms with van der Waals surface area (Å²) in [7, 11) is 3.57. The molecule has 2 aromatic heterocycles. The molecule has 0 aliphatic carbocycles. The molecule has 1 unspecified atom stereocenters. The van der Waals surface area contributed by atoms with Crippen LogP contribution in [-0.4, -0.2) is 38.7 Å². The Hall–Kier alpha value is -2.11. The molecular weight excluding hydrogens is 220 g/mol. The molecule has 2 rings (SSSR count). The minimum absolute atomic E-state index is 0.614. The highest BCUT2D eigenvalue weighted by atomic mass is 16.4. The molecule has 0 aromatic carbocycles. The zero-order chi connectivity index (χ0) is 12.6. The average Bonchev–Trinajstić information content (AvgIpc) is 2.65. The maximum atomic E-state index is 10.9. The second kappa shape index (κ2) is 4.04. The minimum Gasteiger partial charge on any atom is -0.480 e. The number of anilines is 1. The van der Waals surface area contributed by atoms with E-state index in [1.807, 2.05) is 17.7 Å². The van der Waals surface area contributed by atoms with Crippen molar-refractivity contribution in [3.05, 3.63) is 18.5 Å². The molecule has 0 amide bonds. The molecule has 0 saturated heterocycles. The van der Waals surface area contributed by atoms with Crippen molar-refractivity contribution in [3.8, 4) is 0 Å². The van der Waals surface area contributed by atoms with Crippen LogP contribution in [0.2, 0.25) is 0 Å². The summed E-state index contributed by atoms with van der Waals surface area (Å²) < 4.78 is 1.86. The first kappa shape index (κ1) is 11.4. The molecule has 1 atom stereocenters. The number of hydrogen-bond donors (Lipinski definition) is 1. The number of nitrogens with zero attached hydrogens (tertiary/aromatic N) is 4. The van der Waals surface area contributed by atoms with Gasteiger partial charge in [-0.15, -0.1) is 0 Å². The Kier molecular flexibility index (Phi) is 2.71. The highest BCUT2D eigenvalue weighted by Crippen LogP contribution is 2.20. The van der Waals surface area contributed by atoms with Crippen LogP contribution in [0.25, 0.3) is 11.0 Å². The summed E-state index contributed by atoms with van der Waals surface area (Å²) >= 11 is 0. The van der Waals surface area contributed by atoms with E-state index in [9.17, 15) is 4.79 Å². The van der Waals surface area contributed by atoms with Crippen LogP contribution >= 0.6 is 0 Å². The fourth-order valence-electron chi connectivity index (χ4n) is 1.69. The number of hydrogen-bond acceptors (Lipinski definition) is 4. The van der Waals surface area contributed by atoms with Crippen molar-refractivity contribution in [1.29, 1.82) is 0 Å². The van der Waals surface area contributed by atoms with Crippen LogP contribution < -0.4 is 4.90 Å². The quantitative estimate of drug-likeness (QED) is 0.853. The third kappa shape index (κ3) is 1.82. The van der Waals surface area contributed by atoms with E-state index in [4.69, 9.17) is 5.11 Å². The Labute approximate surface area is 98.5 Å². The molecule has 0 fully saturated rings. The summed E-state index contributed by atoms with van der Waals surface area (Å²) in [6, 6.07) is 1.23. The lowest BCUT2D eigenvalue weighted by Crippen LogP contribution is -2.37. The van der Waals surface area contributed by atoms with E-state index in [1.54, 1.807) is 31.3 Å². The number of aromatic nitrogens is 3. The van der Waals surface area contributed by atoms with Gasteiger partial charge in [-0.05, 0) is 13.0 Å². The monoisotopic (exact) mass is 234 g/mol. The van der Waals surface area contributed by atoms with Crippen molar-refractivity contribution >= 4 is 23.0 Å². The maximum absolute atomic E-state index is 10.9. The van der Waals surface area contributed by atoms with Crippen LogP contribution in [0, 0.1) is 0 Å². The van der Waals surface area contributed by atoms with Gasteiger partial charge in [-0.3, -0.25) is 4.98 Å². The minimum atomic E-state index is -0.877. The number of carboxylic acids is 1. The summed E-state index contributed by atoms with van der Waals surface area (Å²) in [5.74, 6) is -0.263. The van der Waals surface area contributed by atoms with Gasteiger partial charge in [0.25, 0.3) is 0 Å². The maximum Gasteiger partial charge on any atom is 0.326 e. The molecule has 6 heteroatoms. The number of aryl methyl sites for hydroxylation is 1. The molecule has 0 bridgehead atoms. The van der Waals surface area contributed by atoms with Crippen molar-refractivity contribution in [2.75, 3.05) is 11.9 Å². The van der Waals surface area contributed by atoms with E-state index >= 15 is 0 Å². The molecule has 90 valence electrons. The number of imidazole rings is 1. The molecule has 6 nitrogen and oxygen atoms in total. The Morgan fingerprint density at radius 1 is 1.59 bits per heavy atom. The van der Waals surface area contributed by atoms with Crippen molar-refractivity contribution in [1.82, 2.24) is 14.5 Å². The predicted molar refractivity (Wildman–Crippen MR) is 64.0 cm³/mol. The topological polar surface area (TPSA) is 71.2 Å². The normalized spacial score (nSPS) is 12.6. The summed E-state index contributed by atoms with van der Waals surface area (Å²) in [6.07, 6.45) is 3.35. The first-order chi connectivity index (χ1) is 8.02. The third-order valence-electron chi connectivity index (χ3n) is 2.91. The number of fused-ring (bicyclic) bond motifs is 1. The van der Waals surface area contributed by atoms with E-state index in [-0.39, 0.29) is 0 Å². The SMILES string of the molecule is CC(C(=O)O)N(C)c1nc2cnccc2n1C. The standard InChI is InChI=1S/C11H14N4O2/c1-7(10(16)17)14(2)11-13-8-6-12-5-4-9(8)15(11)3/h4-7H,1-3H3,(H,16,17). The van der Waals surface area contributed by atoms with Gasteiger partial charge in [-0.25, -0.2) is 9.78 Å². The molecule has 2 aromatic rings. The van der Waals surface area contributed by atoms with E-state index in [2.05, 4.69) is 9.97 Å². The fourth-order valence-corrected chi connectivity index (χ4v) is 1.69. The lowest BCUT2D eigenvalue weighted by molar-refractivity contribution is -0.138. The second-order valence-electron chi connectivity index (χ2n) is 3.96. The first-order valence-corrected chi connectivity index (χ1v) is 5.24. The van der Waals surface area contributed by atoms with E-state index < -0.39 is 12.0 Å². The van der Waals surface area contributed by atoms with Crippen LogP contribution in [-0.2, 0) is 11.8 Å². The average molecular weight is 234 g/mol. The summed E-state index contributed by atoms with van der Waals surface area (Å²) in [4.78, 5) is 21.0. The molecule has 0 aliphatic rings. The molecule has 17 heavy (non-hydrogen) atoms. The summed E-state index contributed by atoms with van der Waals surface area (Å²) in [6.45, 7) is 1.62. The smallest absolute Gasteiger partial charge is 0.326 e. The molecule has 0 aliphatic heterocycles. The predicted octanol–water partition coefficient (Wildman–Crippen LogP) is 0.878. The number of aliphatic carboxylic acids is 1.